The van der Waals surface area contributed by atoms with Gasteiger partial charge in [-0.05, 0) is 30.7 Å². The van der Waals surface area contributed by atoms with Gasteiger partial charge >= 0.3 is 0 Å². The lowest BCUT2D eigenvalue weighted by molar-refractivity contribution is 0.102. The van der Waals surface area contributed by atoms with Crippen LogP contribution >= 0.6 is 0 Å². The fraction of sp³-hybridized carbons (Fsp3) is 0.188. The molecule has 2 aromatic rings. The third-order valence-corrected chi connectivity index (χ3v) is 2.93. The fourth-order valence-electron chi connectivity index (χ4n) is 1.92. The molecule has 0 atom stereocenters. The van der Waals surface area contributed by atoms with Crippen molar-refractivity contribution < 1.29 is 4.79 Å². The molecule has 0 saturated heterocycles. The first-order chi connectivity index (χ1) is 10.2. The van der Waals surface area contributed by atoms with Crippen molar-refractivity contribution in [2.24, 2.45) is 0 Å². The SMILES string of the molecule is CCNc1cnccc1C(=O)Nc1ccc(CC#N)cc1. The third kappa shape index (κ3) is 3.80. The second-order valence-corrected chi connectivity index (χ2v) is 4.44. The molecular weight excluding hydrogens is 264 g/mol. The Kier molecular flexibility index (Phi) is 4.89. The van der Waals surface area contributed by atoms with Gasteiger partial charge in [0.1, 0.15) is 0 Å². The van der Waals surface area contributed by atoms with E-state index in [2.05, 4.69) is 21.7 Å². The van der Waals surface area contributed by atoms with Gasteiger partial charge in [0, 0.05) is 18.4 Å². The molecule has 0 unspecified atom stereocenters. The van der Waals surface area contributed by atoms with Gasteiger partial charge < -0.3 is 10.6 Å². The van der Waals surface area contributed by atoms with Crippen LogP contribution in [-0.4, -0.2) is 17.4 Å². The Morgan fingerprint density at radius 3 is 2.71 bits per heavy atom. The lowest BCUT2D eigenvalue weighted by Gasteiger charge is -2.10. The van der Waals surface area contributed by atoms with Crippen LogP contribution in [-0.2, 0) is 6.42 Å². The summed E-state index contributed by atoms with van der Waals surface area (Å²) in [5.74, 6) is -0.193. The molecule has 2 N–H and O–H groups in total. The molecule has 1 aromatic carbocycles. The van der Waals surface area contributed by atoms with Gasteiger partial charge in [0.15, 0.2) is 0 Å². The van der Waals surface area contributed by atoms with Gasteiger partial charge in [0.25, 0.3) is 5.91 Å². The van der Waals surface area contributed by atoms with E-state index in [9.17, 15) is 4.79 Å². The molecule has 0 aliphatic carbocycles. The number of rotatable bonds is 5. The Morgan fingerprint density at radius 1 is 1.29 bits per heavy atom. The fourth-order valence-corrected chi connectivity index (χ4v) is 1.92. The van der Waals surface area contributed by atoms with Crippen molar-refractivity contribution in [1.82, 2.24) is 4.98 Å². The number of carbonyl (C=O) groups excluding carboxylic acids is 1. The molecule has 2 rings (SSSR count). The Labute approximate surface area is 123 Å². The van der Waals surface area contributed by atoms with Gasteiger partial charge in [0.2, 0.25) is 0 Å². The summed E-state index contributed by atoms with van der Waals surface area (Å²) in [4.78, 5) is 16.3. The monoisotopic (exact) mass is 280 g/mol. The topological polar surface area (TPSA) is 77.8 Å². The van der Waals surface area contributed by atoms with Gasteiger partial charge in [-0.2, -0.15) is 5.26 Å². The van der Waals surface area contributed by atoms with Crippen molar-refractivity contribution in [3.05, 3.63) is 53.9 Å². The molecule has 0 saturated carbocycles. The molecule has 5 nitrogen and oxygen atoms in total. The van der Waals surface area contributed by atoms with E-state index in [4.69, 9.17) is 5.26 Å². The summed E-state index contributed by atoms with van der Waals surface area (Å²) in [6, 6.07) is 11.0. The average Bonchev–Trinajstić information content (AvgIpc) is 2.50. The summed E-state index contributed by atoms with van der Waals surface area (Å²) in [5.41, 5.74) is 2.88. The highest BCUT2D eigenvalue weighted by Crippen LogP contribution is 2.16. The van der Waals surface area contributed by atoms with E-state index >= 15 is 0 Å². The van der Waals surface area contributed by atoms with Crippen molar-refractivity contribution >= 4 is 17.3 Å². The third-order valence-electron chi connectivity index (χ3n) is 2.93. The molecule has 106 valence electrons. The van der Waals surface area contributed by atoms with E-state index in [1.54, 1.807) is 30.6 Å². The zero-order valence-corrected chi connectivity index (χ0v) is 11.8. The van der Waals surface area contributed by atoms with E-state index in [1.165, 1.54) is 0 Å². The summed E-state index contributed by atoms with van der Waals surface area (Å²) in [6.07, 6.45) is 3.59. The zero-order chi connectivity index (χ0) is 15.1. The second-order valence-electron chi connectivity index (χ2n) is 4.44. The molecule has 1 aromatic heterocycles. The maximum Gasteiger partial charge on any atom is 0.257 e. The van der Waals surface area contributed by atoms with Crippen LogP contribution in [0.25, 0.3) is 0 Å². The summed E-state index contributed by atoms with van der Waals surface area (Å²) in [6.45, 7) is 2.68. The molecule has 0 fully saturated rings. The average molecular weight is 280 g/mol. The maximum absolute atomic E-state index is 12.3. The molecular formula is C16H16N4O. The van der Waals surface area contributed by atoms with Gasteiger partial charge in [-0.15, -0.1) is 0 Å². The van der Waals surface area contributed by atoms with Crippen LogP contribution in [0.1, 0.15) is 22.8 Å². The number of hydrogen-bond acceptors (Lipinski definition) is 4. The highest BCUT2D eigenvalue weighted by atomic mass is 16.1. The normalized spacial score (nSPS) is 9.71. The molecule has 0 aliphatic heterocycles. The van der Waals surface area contributed by atoms with Crippen LogP contribution in [0.15, 0.2) is 42.7 Å². The van der Waals surface area contributed by atoms with Gasteiger partial charge in [-0.3, -0.25) is 9.78 Å². The van der Waals surface area contributed by atoms with E-state index in [0.717, 1.165) is 12.1 Å². The van der Waals surface area contributed by atoms with Crippen molar-refractivity contribution in [2.45, 2.75) is 13.3 Å². The Hall–Kier alpha value is -2.87. The highest BCUT2D eigenvalue weighted by Gasteiger charge is 2.11. The number of amides is 1. The molecule has 5 heteroatoms. The Balaban J connectivity index is 2.13. The van der Waals surface area contributed by atoms with Crippen LogP contribution in [0.3, 0.4) is 0 Å². The Morgan fingerprint density at radius 2 is 2.05 bits per heavy atom. The lowest BCUT2D eigenvalue weighted by Crippen LogP contribution is -2.15. The largest absolute Gasteiger partial charge is 0.383 e. The van der Waals surface area contributed by atoms with Crippen LogP contribution in [0.4, 0.5) is 11.4 Å². The minimum absolute atomic E-state index is 0.193. The smallest absolute Gasteiger partial charge is 0.257 e. The van der Waals surface area contributed by atoms with Crippen molar-refractivity contribution in [2.75, 3.05) is 17.2 Å². The van der Waals surface area contributed by atoms with Crippen molar-refractivity contribution in [3.63, 3.8) is 0 Å². The van der Waals surface area contributed by atoms with Crippen molar-refractivity contribution in [3.8, 4) is 6.07 Å². The molecule has 0 bridgehead atoms. The Bertz CT molecular complexity index is 659. The maximum atomic E-state index is 12.3. The number of benzene rings is 1. The second kappa shape index (κ2) is 7.06. The van der Waals surface area contributed by atoms with Crippen LogP contribution in [0, 0.1) is 11.3 Å². The number of carbonyl (C=O) groups is 1. The number of pyridine rings is 1. The van der Waals surface area contributed by atoms with Crippen LogP contribution < -0.4 is 10.6 Å². The zero-order valence-electron chi connectivity index (χ0n) is 11.8. The molecule has 1 heterocycles. The summed E-state index contributed by atoms with van der Waals surface area (Å²) in [7, 11) is 0. The first-order valence-corrected chi connectivity index (χ1v) is 6.69. The van der Waals surface area contributed by atoms with Gasteiger partial charge in [-0.1, -0.05) is 12.1 Å². The number of aromatic nitrogens is 1. The predicted octanol–water partition coefficient (Wildman–Crippen LogP) is 2.83. The quantitative estimate of drug-likeness (QED) is 0.882. The highest BCUT2D eigenvalue weighted by molar-refractivity contribution is 6.07. The van der Waals surface area contributed by atoms with E-state index in [-0.39, 0.29) is 5.91 Å². The summed E-state index contributed by atoms with van der Waals surface area (Å²) in [5, 5.41) is 14.6. The number of nitrogens with one attached hydrogen (secondary N) is 2. The van der Waals surface area contributed by atoms with Crippen molar-refractivity contribution in [1.29, 1.82) is 5.26 Å². The van der Waals surface area contributed by atoms with E-state index in [1.807, 2.05) is 19.1 Å². The molecule has 0 spiro atoms. The first kappa shape index (κ1) is 14.5. The molecule has 0 radical (unpaired) electrons. The standard InChI is InChI=1S/C16H16N4O/c1-2-19-15-11-18-10-8-14(15)16(21)20-13-5-3-12(4-6-13)7-9-17/h3-6,8,10-11,19H,2,7H2,1H3,(H,20,21). The minimum Gasteiger partial charge on any atom is -0.383 e. The van der Waals surface area contributed by atoms with E-state index in [0.29, 0.717) is 23.4 Å². The van der Waals surface area contributed by atoms with Crippen LogP contribution in [0.2, 0.25) is 0 Å². The minimum atomic E-state index is -0.193. The number of nitriles is 1. The molecule has 21 heavy (non-hydrogen) atoms. The summed E-state index contributed by atoms with van der Waals surface area (Å²) < 4.78 is 0. The first-order valence-electron chi connectivity index (χ1n) is 6.69. The molecule has 1 amide bonds. The van der Waals surface area contributed by atoms with Gasteiger partial charge in [0.05, 0.1) is 29.9 Å². The number of nitrogens with zero attached hydrogens (tertiary/aromatic N) is 2. The van der Waals surface area contributed by atoms with Crippen LogP contribution in [0.5, 0.6) is 0 Å². The van der Waals surface area contributed by atoms with E-state index < -0.39 is 0 Å². The molecule has 0 aliphatic rings. The predicted molar refractivity (Wildman–Crippen MR) is 82.1 cm³/mol. The number of hydrogen-bond donors (Lipinski definition) is 2. The number of anilines is 2. The van der Waals surface area contributed by atoms with Gasteiger partial charge in [-0.25, -0.2) is 0 Å². The summed E-state index contributed by atoms with van der Waals surface area (Å²) >= 11 is 0. The lowest BCUT2D eigenvalue weighted by atomic mass is 10.1.